The van der Waals surface area contributed by atoms with Crippen molar-refractivity contribution in [2.45, 2.75) is 38.1 Å². The summed E-state index contributed by atoms with van der Waals surface area (Å²) < 4.78 is 0. The van der Waals surface area contributed by atoms with Gasteiger partial charge in [-0.15, -0.1) is 0 Å². The van der Waals surface area contributed by atoms with Gasteiger partial charge < -0.3 is 10.6 Å². The summed E-state index contributed by atoms with van der Waals surface area (Å²) in [5, 5.41) is 0. The maximum atomic E-state index is 5.77. The average Bonchev–Trinajstić information content (AvgIpc) is 2.69. The lowest BCUT2D eigenvalue weighted by Crippen LogP contribution is -2.15. The molecule has 0 amide bonds. The summed E-state index contributed by atoms with van der Waals surface area (Å²) in [4.78, 5) is 6.65. The summed E-state index contributed by atoms with van der Waals surface area (Å²) in [6, 6.07) is 4.12. The largest absolute Gasteiger partial charge is 0.384 e. The molecule has 1 saturated carbocycles. The molecule has 1 aliphatic rings. The third kappa shape index (κ3) is 2.53. The molecule has 1 aromatic rings. The van der Waals surface area contributed by atoms with Crippen LogP contribution in [0.15, 0.2) is 12.1 Å². The topological polar surface area (TPSA) is 42.2 Å². The molecule has 0 bridgehead atoms. The van der Waals surface area contributed by atoms with E-state index in [-0.39, 0.29) is 0 Å². The first-order valence-electron chi connectivity index (χ1n) is 6.07. The van der Waals surface area contributed by atoms with Crippen LogP contribution in [0, 0.1) is 0 Å². The summed E-state index contributed by atoms with van der Waals surface area (Å²) >= 11 is 0. The number of nitrogens with two attached hydrogens (primary N) is 1. The number of anilines is 1. The van der Waals surface area contributed by atoms with Crippen LogP contribution < -0.4 is 5.73 Å². The maximum absolute atomic E-state index is 5.77. The average molecular weight is 219 g/mol. The van der Waals surface area contributed by atoms with Crippen LogP contribution >= 0.6 is 0 Å². The molecule has 2 N–H and O–H groups in total. The van der Waals surface area contributed by atoms with Gasteiger partial charge in [0.2, 0.25) is 0 Å². The summed E-state index contributed by atoms with van der Waals surface area (Å²) in [5.74, 6) is 1.35. The Labute approximate surface area is 97.7 Å². The fraction of sp³-hybridized carbons (Fsp3) is 0.615. The van der Waals surface area contributed by atoms with Crippen LogP contribution in [0.1, 0.15) is 42.9 Å². The Bertz CT molecular complexity index is 354. The molecule has 0 unspecified atom stereocenters. The molecule has 1 aromatic heterocycles. The van der Waals surface area contributed by atoms with Crippen molar-refractivity contribution in [2.24, 2.45) is 0 Å². The zero-order chi connectivity index (χ0) is 11.5. The van der Waals surface area contributed by atoms with Gasteiger partial charge in [-0.2, -0.15) is 0 Å². The van der Waals surface area contributed by atoms with Crippen molar-refractivity contribution in [2.75, 3.05) is 19.8 Å². The van der Waals surface area contributed by atoms with E-state index < -0.39 is 0 Å². The minimum Gasteiger partial charge on any atom is -0.384 e. The van der Waals surface area contributed by atoms with Gasteiger partial charge >= 0.3 is 0 Å². The molecule has 1 aliphatic carbocycles. The van der Waals surface area contributed by atoms with Gasteiger partial charge in [0, 0.05) is 6.54 Å². The molecule has 16 heavy (non-hydrogen) atoms. The van der Waals surface area contributed by atoms with E-state index in [9.17, 15) is 0 Å². The highest BCUT2D eigenvalue weighted by molar-refractivity contribution is 5.36. The molecule has 1 heterocycles. The first-order chi connectivity index (χ1) is 7.66. The molecule has 3 nitrogen and oxygen atoms in total. The van der Waals surface area contributed by atoms with Gasteiger partial charge in [0.25, 0.3) is 0 Å². The highest BCUT2D eigenvalue weighted by atomic mass is 15.1. The SMILES string of the molecule is CN(C)Cc1nc(N)ccc1C1CCCC1. The van der Waals surface area contributed by atoms with E-state index in [0.717, 1.165) is 12.2 Å². The fourth-order valence-electron chi connectivity index (χ4n) is 2.56. The van der Waals surface area contributed by atoms with Crippen molar-refractivity contribution in [3.63, 3.8) is 0 Å². The van der Waals surface area contributed by atoms with Gasteiger partial charge in [-0.25, -0.2) is 4.98 Å². The third-order valence-electron chi connectivity index (χ3n) is 3.29. The predicted octanol–water partition coefficient (Wildman–Crippen LogP) is 2.38. The zero-order valence-corrected chi connectivity index (χ0v) is 10.2. The summed E-state index contributed by atoms with van der Waals surface area (Å²) in [6.07, 6.45) is 5.34. The normalized spacial score (nSPS) is 17.2. The second kappa shape index (κ2) is 4.83. The standard InChI is InChI=1S/C13H21N3/c1-16(2)9-12-11(7-8-13(14)15-12)10-5-3-4-6-10/h7-8,10H,3-6,9H2,1-2H3,(H2,14,15). The van der Waals surface area contributed by atoms with E-state index in [0.29, 0.717) is 11.7 Å². The molecule has 0 aliphatic heterocycles. The van der Waals surface area contributed by atoms with Crippen LogP contribution in [0.2, 0.25) is 0 Å². The van der Waals surface area contributed by atoms with Gasteiger partial charge in [-0.3, -0.25) is 0 Å². The highest BCUT2D eigenvalue weighted by Gasteiger charge is 2.20. The van der Waals surface area contributed by atoms with E-state index in [4.69, 9.17) is 5.73 Å². The highest BCUT2D eigenvalue weighted by Crippen LogP contribution is 2.35. The Balaban J connectivity index is 2.27. The van der Waals surface area contributed by atoms with Crippen LogP contribution in [0.25, 0.3) is 0 Å². The van der Waals surface area contributed by atoms with Gasteiger partial charge in [0.1, 0.15) is 5.82 Å². The molecule has 0 spiro atoms. The molecular formula is C13H21N3. The van der Waals surface area contributed by atoms with Gasteiger partial charge in [0.15, 0.2) is 0 Å². The molecule has 0 saturated heterocycles. The first kappa shape index (κ1) is 11.4. The van der Waals surface area contributed by atoms with Crippen molar-refractivity contribution >= 4 is 5.82 Å². The van der Waals surface area contributed by atoms with Crippen LogP contribution in [0.4, 0.5) is 5.82 Å². The summed E-state index contributed by atoms with van der Waals surface area (Å²) in [7, 11) is 4.15. The van der Waals surface area contributed by atoms with E-state index in [2.05, 4.69) is 30.0 Å². The Morgan fingerprint density at radius 2 is 2.00 bits per heavy atom. The molecule has 88 valence electrons. The Morgan fingerprint density at radius 1 is 1.31 bits per heavy atom. The maximum Gasteiger partial charge on any atom is 0.123 e. The molecule has 3 heteroatoms. The number of rotatable bonds is 3. The number of pyridine rings is 1. The minimum absolute atomic E-state index is 0.638. The van der Waals surface area contributed by atoms with Crippen LogP contribution in [0.5, 0.6) is 0 Å². The molecule has 2 rings (SSSR count). The zero-order valence-electron chi connectivity index (χ0n) is 10.2. The van der Waals surface area contributed by atoms with E-state index in [1.165, 1.54) is 31.2 Å². The minimum atomic E-state index is 0.638. The smallest absolute Gasteiger partial charge is 0.123 e. The van der Waals surface area contributed by atoms with Crippen LogP contribution in [-0.4, -0.2) is 24.0 Å². The molecule has 0 atom stereocenters. The molecule has 0 radical (unpaired) electrons. The predicted molar refractivity (Wildman–Crippen MR) is 67.2 cm³/mol. The van der Waals surface area contributed by atoms with Gasteiger partial charge in [-0.1, -0.05) is 18.9 Å². The lowest BCUT2D eigenvalue weighted by molar-refractivity contribution is 0.393. The second-order valence-electron chi connectivity index (χ2n) is 4.99. The van der Waals surface area contributed by atoms with Crippen LogP contribution in [0.3, 0.4) is 0 Å². The number of hydrogen-bond acceptors (Lipinski definition) is 3. The first-order valence-corrected chi connectivity index (χ1v) is 6.07. The fourth-order valence-corrected chi connectivity index (χ4v) is 2.56. The number of hydrogen-bond donors (Lipinski definition) is 1. The lowest BCUT2D eigenvalue weighted by Gasteiger charge is -2.17. The quantitative estimate of drug-likeness (QED) is 0.848. The Kier molecular flexibility index (Phi) is 3.44. The van der Waals surface area contributed by atoms with E-state index in [1.807, 2.05) is 6.07 Å². The van der Waals surface area contributed by atoms with E-state index >= 15 is 0 Å². The van der Waals surface area contributed by atoms with Gasteiger partial charge in [-0.05, 0) is 44.5 Å². The monoisotopic (exact) mass is 219 g/mol. The molecular weight excluding hydrogens is 198 g/mol. The van der Waals surface area contributed by atoms with Crippen molar-refractivity contribution in [1.82, 2.24) is 9.88 Å². The second-order valence-corrected chi connectivity index (χ2v) is 4.99. The van der Waals surface area contributed by atoms with Crippen molar-refractivity contribution in [3.8, 4) is 0 Å². The molecule has 0 aromatic carbocycles. The number of nitrogens with zero attached hydrogens (tertiary/aromatic N) is 2. The number of aromatic nitrogens is 1. The van der Waals surface area contributed by atoms with Gasteiger partial charge in [0.05, 0.1) is 5.69 Å². The Morgan fingerprint density at radius 3 is 2.62 bits per heavy atom. The summed E-state index contributed by atoms with van der Waals surface area (Å²) in [6.45, 7) is 0.886. The van der Waals surface area contributed by atoms with Crippen LogP contribution in [-0.2, 0) is 6.54 Å². The third-order valence-corrected chi connectivity index (χ3v) is 3.29. The van der Waals surface area contributed by atoms with Crippen molar-refractivity contribution < 1.29 is 0 Å². The molecule has 1 fully saturated rings. The van der Waals surface area contributed by atoms with Crippen molar-refractivity contribution in [1.29, 1.82) is 0 Å². The lowest BCUT2D eigenvalue weighted by atomic mass is 9.96. The Hall–Kier alpha value is -1.09. The van der Waals surface area contributed by atoms with Crippen molar-refractivity contribution in [3.05, 3.63) is 23.4 Å². The summed E-state index contributed by atoms with van der Waals surface area (Å²) in [5.41, 5.74) is 8.35. The van der Waals surface area contributed by atoms with E-state index in [1.54, 1.807) is 0 Å². The number of nitrogen functional groups attached to an aromatic ring is 1.